The first-order valence-corrected chi connectivity index (χ1v) is 7.98. The Morgan fingerprint density at radius 3 is 2.60 bits per heavy atom. The fraction of sp³-hybridized carbons (Fsp3) is 0.211. The number of nitrogens with zero attached hydrogens (tertiary/aromatic N) is 2. The van der Waals surface area contributed by atoms with E-state index >= 15 is 0 Å². The number of carbonyl (C=O) groups excluding carboxylic acids is 1. The highest BCUT2D eigenvalue weighted by atomic mass is 16.5. The SMILES string of the molecule is COc1ccc(C(=O)NCCc2nnc(-c3ccccc3C)o2)cc1. The van der Waals surface area contributed by atoms with Crippen LogP contribution in [-0.2, 0) is 6.42 Å². The number of rotatable bonds is 6. The predicted molar refractivity (Wildman–Crippen MR) is 93.5 cm³/mol. The monoisotopic (exact) mass is 337 g/mol. The molecule has 0 radical (unpaired) electrons. The summed E-state index contributed by atoms with van der Waals surface area (Å²) >= 11 is 0. The molecule has 0 saturated heterocycles. The Balaban J connectivity index is 1.55. The molecule has 1 amide bonds. The van der Waals surface area contributed by atoms with Crippen molar-refractivity contribution in [2.45, 2.75) is 13.3 Å². The van der Waals surface area contributed by atoms with Crippen LogP contribution in [0.4, 0.5) is 0 Å². The first-order chi connectivity index (χ1) is 12.2. The molecule has 0 fully saturated rings. The minimum absolute atomic E-state index is 0.152. The summed E-state index contributed by atoms with van der Waals surface area (Å²) in [4.78, 5) is 12.1. The van der Waals surface area contributed by atoms with Crippen LogP contribution in [0.2, 0.25) is 0 Å². The van der Waals surface area contributed by atoms with Gasteiger partial charge in [0, 0.05) is 24.1 Å². The molecule has 0 aliphatic carbocycles. The van der Waals surface area contributed by atoms with Crippen molar-refractivity contribution in [2.75, 3.05) is 13.7 Å². The fourth-order valence-corrected chi connectivity index (χ4v) is 2.40. The molecule has 3 aromatic rings. The normalized spacial score (nSPS) is 10.5. The van der Waals surface area contributed by atoms with Crippen LogP contribution in [0.1, 0.15) is 21.8 Å². The molecule has 0 bridgehead atoms. The second kappa shape index (κ2) is 7.61. The summed E-state index contributed by atoms with van der Waals surface area (Å²) in [5, 5.41) is 11.0. The number of amides is 1. The third kappa shape index (κ3) is 4.03. The van der Waals surface area contributed by atoms with Gasteiger partial charge in [0.25, 0.3) is 5.91 Å². The van der Waals surface area contributed by atoms with Crippen LogP contribution in [-0.4, -0.2) is 29.8 Å². The summed E-state index contributed by atoms with van der Waals surface area (Å²) in [5.41, 5.74) is 2.57. The minimum atomic E-state index is -0.152. The fourth-order valence-electron chi connectivity index (χ4n) is 2.40. The maximum Gasteiger partial charge on any atom is 0.251 e. The van der Waals surface area contributed by atoms with Crippen molar-refractivity contribution in [1.82, 2.24) is 15.5 Å². The number of aryl methyl sites for hydroxylation is 1. The topological polar surface area (TPSA) is 77.2 Å². The lowest BCUT2D eigenvalue weighted by atomic mass is 10.1. The van der Waals surface area contributed by atoms with Crippen molar-refractivity contribution < 1.29 is 13.9 Å². The second-order valence-corrected chi connectivity index (χ2v) is 5.55. The number of hydrogen-bond donors (Lipinski definition) is 1. The lowest BCUT2D eigenvalue weighted by molar-refractivity contribution is 0.0953. The molecular weight excluding hydrogens is 318 g/mol. The maximum absolute atomic E-state index is 12.1. The molecule has 0 atom stereocenters. The van der Waals surface area contributed by atoms with E-state index in [1.165, 1.54) is 0 Å². The second-order valence-electron chi connectivity index (χ2n) is 5.55. The molecule has 6 nitrogen and oxygen atoms in total. The third-order valence-electron chi connectivity index (χ3n) is 3.82. The molecule has 1 aromatic heterocycles. The quantitative estimate of drug-likeness (QED) is 0.748. The van der Waals surface area contributed by atoms with E-state index in [1.54, 1.807) is 31.4 Å². The van der Waals surface area contributed by atoms with E-state index in [2.05, 4.69) is 15.5 Å². The number of benzene rings is 2. The van der Waals surface area contributed by atoms with Crippen LogP contribution < -0.4 is 10.1 Å². The van der Waals surface area contributed by atoms with Crippen LogP contribution in [0.15, 0.2) is 52.9 Å². The van der Waals surface area contributed by atoms with Crippen molar-refractivity contribution in [3.63, 3.8) is 0 Å². The highest BCUT2D eigenvalue weighted by Gasteiger charge is 2.11. The molecule has 0 spiro atoms. The van der Waals surface area contributed by atoms with E-state index in [-0.39, 0.29) is 5.91 Å². The predicted octanol–water partition coefficient (Wildman–Crippen LogP) is 3.03. The van der Waals surface area contributed by atoms with Crippen LogP contribution in [0, 0.1) is 6.92 Å². The number of hydrogen-bond acceptors (Lipinski definition) is 5. The van der Waals surface area contributed by atoms with Gasteiger partial charge >= 0.3 is 0 Å². The van der Waals surface area contributed by atoms with Gasteiger partial charge in [0.15, 0.2) is 0 Å². The zero-order valence-electron chi connectivity index (χ0n) is 14.2. The minimum Gasteiger partial charge on any atom is -0.497 e. The Hall–Kier alpha value is -3.15. The average Bonchev–Trinajstić information content (AvgIpc) is 3.10. The van der Waals surface area contributed by atoms with Gasteiger partial charge in [-0.25, -0.2) is 0 Å². The summed E-state index contributed by atoms with van der Waals surface area (Å²) in [6.45, 7) is 2.41. The van der Waals surface area contributed by atoms with E-state index in [4.69, 9.17) is 9.15 Å². The van der Waals surface area contributed by atoms with Crippen LogP contribution in [0.3, 0.4) is 0 Å². The number of aromatic nitrogens is 2. The van der Waals surface area contributed by atoms with Gasteiger partial charge in [0.2, 0.25) is 11.8 Å². The van der Waals surface area contributed by atoms with Gasteiger partial charge in [-0.15, -0.1) is 10.2 Å². The van der Waals surface area contributed by atoms with Crippen molar-refractivity contribution in [2.24, 2.45) is 0 Å². The molecule has 1 heterocycles. The van der Waals surface area contributed by atoms with Gasteiger partial charge in [-0.3, -0.25) is 4.79 Å². The summed E-state index contributed by atoms with van der Waals surface area (Å²) in [6, 6.07) is 14.8. The maximum atomic E-state index is 12.1. The van der Waals surface area contributed by atoms with E-state index in [0.717, 1.165) is 11.1 Å². The molecule has 1 N–H and O–H groups in total. The Labute approximate surface area is 145 Å². The lowest BCUT2D eigenvalue weighted by Gasteiger charge is -2.04. The molecule has 0 aliphatic rings. The molecule has 0 saturated carbocycles. The molecule has 0 unspecified atom stereocenters. The Morgan fingerprint density at radius 2 is 1.88 bits per heavy atom. The van der Waals surface area contributed by atoms with E-state index in [9.17, 15) is 4.79 Å². The standard InChI is InChI=1S/C19H19N3O3/c1-13-5-3-4-6-16(13)19-22-21-17(25-19)11-12-20-18(23)14-7-9-15(24-2)10-8-14/h3-10H,11-12H2,1-2H3,(H,20,23). The van der Waals surface area contributed by atoms with Gasteiger partial charge in [0.1, 0.15) is 5.75 Å². The number of carbonyl (C=O) groups is 1. The summed E-state index contributed by atoms with van der Waals surface area (Å²) in [6.07, 6.45) is 0.473. The highest BCUT2D eigenvalue weighted by Crippen LogP contribution is 2.21. The van der Waals surface area contributed by atoms with Gasteiger partial charge in [-0.1, -0.05) is 18.2 Å². The number of nitrogens with one attached hydrogen (secondary N) is 1. The van der Waals surface area contributed by atoms with Crippen molar-refractivity contribution in [3.05, 3.63) is 65.5 Å². The van der Waals surface area contributed by atoms with E-state index in [1.807, 2.05) is 31.2 Å². The molecule has 3 rings (SSSR count). The van der Waals surface area contributed by atoms with Gasteiger partial charge in [-0.2, -0.15) is 0 Å². The van der Waals surface area contributed by atoms with Gasteiger partial charge in [-0.05, 0) is 42.8 Å². The number of methoxy groups -OCH3 is 1. The average molecular weight is 337 g/mol. The zero-order valence-corrected chi connectivity index (χ0v) is 14.2. The van der Waals surface area contributed by atoms with Crippen LogP contribution in [0.25, 0.3) is 11.5 Å². The lowest BCUT2D eigenvalue weighted by Crippen LogP contribution is -2.25. The Bertz CT molecular complexity index is 856. The summed E-state index contributed by atoms with van der Waals surface area (Å²) < 4.78 is 10.8. The van der Waals surface area contributed by atoms with Crippen molar-refractivity contribution >= 4 is 5.91 Å². The van der Waals surface area contributed by atoms with Gasteiger partial charge < -0.3 is 14.5 Å². The molecular formula is C19H19N3O3. The summed E-state index contributed by atoms with van der Waals surface area (Å²) in [7, 11) is 1.59. The largest absolute Gasteiger partial charge is 0.497 e. The van der Waals surface area contributed by atoms with Gasteiger partial charge in [0.05, 0.1) is 7.11 Å². The van der Waals surface area contributed by atoms with E-state index < -0.39 is 0 Å². The third-order valence-corrected chi connectivity index (χ3v) is 3.82. The number of ether oxygens (including phenoxy) is 1. The molecule has 2 aromatic carbocycles. The smallest absolute Gasteiger partial charge is 0.251 e. The first-order valence-electron chi connectivity index (χ1n) is 7.98. The molecule has 6 heteroatoms. The molecule has 0 aliphatic heterocycles. The Morgan fingerprint density at radius 1 is 1.12 bits per heavy atom. The van der Waals surface area contributed by atoms with E-state index in [0.29, 0.717) is 36.1 Å². The summed E-state index contributed by atoms with van der Waals surface area (Å²) in [5.74, 6) is 1.55. The van der Waals surface area contributed by atoms with Crippen molar-refractivity contribution in [3.8, 4) is 17.2 Å². The van der Waals surface area contributed by atoms with Crippen LogP contribution in [0.5, 0.6) is 5.75 Å². The molecule has 25 heavy (non-hydrogen) atoms. The zero-order chi connectivity index (χ0) is 17.6. The molecule has 128 valence electrons. The Kier molecular flexibility index (Phi) is 5.09. The highest BCUT2D eigenvalue weighted by molar-refractivity contribution is 5.94. The van der Waals surface area contributed by atoms with Crippen molar-refractivity contribution in [1.29, 1.82) is 0 Å². The van der Waals surface area contributed by atoms with Crippen LogP contribution >= 0.6 is 0 Å². The first kappa shape index (κ1) is 16.7.